The van der Waals surface area contributed by atoms with E-state index in [-0.39, 0.29) is 6.04 Å². The Morgan fingerprint density at radius 1 is 1.00 bits per heavy atom. The Morgan fingerprint density at radius 3 is 2.45 bits per heavy atom. The van der Waals surface area contributed by atoms with Crippen molar-refractivity contribution in [3.05, 3.63) is 76.8 Å². The first-order valence-electron chi connectivity index (χ1n) is 9.36. The summed E-state index contributed by atoms with van der Waals surface area (Å²) in [5.74, 6) is -1.41. The van der Waals surface area contributed by atoms with Crippen molar-refractivity contribution in [1.82, 2.24) is 10.2 Å². The van der Waals surface area contributed by atoms with Gasteiger partial charge in [0, 0.05) is 17.3 Å². The normalized spacial score (nSPS) is 12.0. The van der Waals surface area contributed by atoms with Crippen molar-refractivity contribution in [3.63, 3.8) is 0 Å². The van der Waals surface area contributed by atoms with Crippen LogP contribution in [-0.4, -0.2) is 37.4 Å². The van der Waals surface area contributed by atoms with Crippen LogP contribution in [0.25, 0.3) is 10.8 Å². The topological polar surface area (TPSA) is 61.4 Å². The highest BCUT2D eigenvalue weighted by Crippen LogP contribution is 2.26. The van der Waals surface area contributed by atoms with E-state index < -0.39 is 11.8 Å². The molecule has 2 amide bonds. The van der Waals surface area contributed by atoms with E-state index in [1.54, 1.807) is 18.2 Å². The van der Waals surface area contributed by atoms with Gasteiger partial charge in [0.2, 0.25) is 0 Å². The fraction of sp³-hybridized carbons (Fsp3) is 0.217. The number of carbonyl (C=O) groups excluding carboxylic acids is 2. The van der Waals surface area contributed by atoms with Gasteiger partial charge in [0.05, 0.1) is 6.04 Å². The Hall–Kier alpha value is -2.89. The number of benzene rings is 3. The van der Waals surface area contributed by atoms with Crippen molar-refractivity contribution in [3.8, 4) is 0 Å². The summed E-state index contributed by atoms with van der Waals surface area (Å²) < 4.78 is 0. The zero-order chi connectivity index (χ0) is 21.0. The van der Waals surface area contributed by atoms with Gasteiger partial charge in [-0.3, -0.25) is 9.59 Å². The maximum absolute atomic E-state index is 12.3. The van der Waals surface area contributed by atoms with E-state index in [1.165, 1.54) is 0 Å². The van der Waals surface area contributed by atoms with Gasteiger partial charge in [-0.25, -0.2) is 0 Å². The third-order valence-corrected chi connectivity index (χ3v) is 5.30. The van der Waals surface area contributed by atoms with E-state index in [0.29, 0.717) is 17.3 Å². The number of nitrogens with one attached hydrogen (secondary N) is 2. The van der Waals surface area contributed by atoms with Gasteiger partial charge >= 0.3 is 11.8 Å². The van der Waals surface area contributed by atoms with Crippen LogP contribution in [0.5, 0.6) is 0 Å². The Labute approximate surface area is 175 Å². The maximum Gasteiger partial charge on any atom is 0.313 e. The Kier molecular flexibility index (Phi) is 6.52. The molecule has 0 spiro atoms. The molecule has 29 heavy (non-hydrogen) atoms. The molecular formula is C23H24ClN3O2. The van der Waals surface area contributed by atoms with Gasteiger partial charge < -0.3 is 15.5 Å². The SMILES string of the molecule is Cc1ccc(NC(=O)C(=O)NC[C@H](c2cccc3ccccc23)N(C)C)cc1Cl. The third-order valence-electron chi connectivity index (χ3n) is 4.90. The molecule has 0 bridgehead atoms. The molecule has 0 fully saturated rings. The second-order valence-electron chi connectivity index (χ2n) is 7.18. The zero-order valence-electron chi connectivity index (χ0n) is 16.7. The van der Waals surface area contributed by atoms with Gasteiger partial charge in [0.1, 0.15) is 0 Å². The van der Waals surface area contributed by atoms with Gasteiger partial charge in [-0.1, -0.05) is 60.1 Å². The van der Waals surface area contributed by atoms with Gasteiger partial charge in [-0.15, -0.1) is 0 Å². The van der Waals surface area contributed by atoms with Crippen LogP contribution in [0.1, 0.15) is 17.2 Å². The van der Waals surface area contributed by atoms with Gasteiger partial charge in [-0.05, 0) is 55.1 Å². The number of nitrogens with zero attached hydrogens (tertiary/aromatic N) is 1. The molecule has 150 valence electrons. The summed E-state index contributed by atoms with van der Waals surface area (Å²) in [6.45, 7) is 2.18. The number of halogens is 1. The molecule has 0 aliphatic heterocycles. The number of carbonyl (C=O) groups is 2. The summed E-state index contributed by atoms with van der Waals surface area (Å²) in [5.41, 5.74) is 2.48. The molecule has 2 N–H and O–H groups in total. The lowest BCUT2D eigenvalue weighted by molar-refractivity contribution is -0.136. The molecule has 3 aromatic carbocycles. The largest absolute Gasteiger partial charge is 0.346 e. The predicted molar refractivity (Wildman–Crippen MR) is 118 cm³/mol. The Bertz CT molecular complexity index is 1040. The summed E-state index contributed by atoms with van der Waals surface area (Å²) in [6.07, 6.45) is 0. The van der Waals surface area contributed by atoms with Crippen molar-refractivity contribution < 1.29 is 9.59 Å². The summed E-state index contributed by atoms with van der Waals surface area (Å²) >= 11 is 6.07. The average molecular weight is 410 g/mol. The number of anilines is 1. The molecule has 0 saturated carbocycles. The summed E-state index contributed by atoms with van der Waals surface area (Å²) in [5, 5.41) is 8.13. The van der Waals surface area contributed by atoms with E-state index in [0.717, 1.165) is 21.9 Å². The Morgan fingerprint density at radius 2 is 1.72 bits per heavy atom. The van der Waals surface area contributed by atoms with Crippen LogP contribution in [-0.2, 0) is 9.59 Å². The molecule has 3 aromatic rings. The van der Waals surface area contributed by atoms with Gasteiger partial charge in [-0.2, -0.15) is 0 Å². The smallest absolute Gasteiger partial charge is 0.313 e. The molecule has 0 heterocycles. The van der Waals surface area contributed by atoms with Crippen molar-refractivity contribution in [2.24, 2.45) is 0 Å². The highest BCUT2D eigenvalue weighted by Gasteiger charge is 2.20. The van der Waals surface area contributed by atoms with Gasteiger partial charge in [0.15, 0.2) is 0 Å². The van der Waals surface area contributed by atoms with Crippen molar-refractivity contribution in [2.45, 2.75) is 13.0 Å². The standard InChI is InChI=1S/C23H24ClN3O2/c1-15-11-12-17(13-20(15)24)26-23(29)22(28)25-14-21(27(2)3)19-10-6-8-16-7-4-5-9-18(16)19/h4-13,21H,14H2,1-3H3,(H,25,28)(H,26,29)/t21-/m1/s1. The molecule has 0 aliphatic carbocycles. The molecule has 0 radical (unpaired) electrons. The second kappa shape index (κ2) is 9.07. The maximum atomic E-state index is 12.3. The molecule has 3 rings (SSSR count). The predicted octanol–water partition coefficient (Wildman–Crippen LogP) is 4.16. The van der Waals surface area contributed by atoms with Crippen LogP contribution in [0.4, 0.5) is 5.69 Å². The minimum Gasteiger partial charge on any atom is -0.346 e. The summed E-state index contributed by atoms with van der Waals surface area (Å²) in [4.78, 5) is 26.6. The minimum atomic E-state index is -0.722. The van der Waals surface area contributed by atoms with Crippen LogP contribution in [0, 0.1) is 6.92 Å². The van der Waals surface area contributed by atoms with Crippen LogP contribution in [0.15, 0.2) is 60.7 Å². The molecule has 0 unspecified atom stereocenters. The van der Waals surface area contributed by atoms with E-state index >= 15 is 0 Å². The van der Waals surface area contributed by atoms with Crippen LogP contribution < -0.4 is 10.6 Å². The molecule has 6 heteroatoms. The number of fused-ring (bicyclic) bond motifs is 1. The van der Waals surface area contributed by atoms with Crippen molar-refractivity contribution in [2.75, 3.05) is 26.0 Å². The molecule has 0 aromatic heterocycles. The zero-order valence-corrected chi connectivity index (χ0v) is 17.5. The number of amides is 2. The lowest BCUT2D eigenvalue weighted by Crippen LogP contribution is -2.40. The van der Waals surface area contributed by atoms with Crippen LogP contribution in [0.3, 0.4) is 0 Å². The molecule has 5 nitrogen and oxygen atoms in total. The molecule has 0 saturated heterocycles. The summed E-state index contributed by atoms with van der Waals surface area (Å²) in [6, 6.07) is 19.3. The van der Waals surface area contributed by atoms with E-state index in [9.17, 15) is 9.59 Å². The number of likely N-dealkylation sites (N-methyl/N-ethyl adjacent to an activating group) is 1. The summed E-state index contributed by atoms with van der Waals surface area (Å²) in [7, 11) is 3.90. The molecule has 1 atom stereocenters. The lowest BCUT2D eigenvalue weighted by atomic mass is 9.98. The first-order valence-corrected chi connectivity index (χ1v) is 9.74. The highest BCUT2D eigenvalue weighted by atomic mass is 35.5. The van der Waals surface area contributed by atoms with Crippen LogP contribution in [0.2, 0.25) is 5.02 Å². The van der Waals surface area contributed by atoms with E-state index in [1.807, 2.05) is 50.2 Å². The first kappa shape index (κ1) is 20.8. The van der Waals surface area contributed by atoms with Crippen molar-refractivity contribution in [1.29, 1.82) is 0 Å². The van der Waals surface area contributed by atoms with E-state index in [2.05, 4.69) is 28.8 Å². The highest BCUT2D eigenvalue weighted by molar-refractivity contribution is 6.39. The van der Waals surface area contributed by atoms with Crippen LogP contribution >= 0.6 is 11.6 Å². The molecule has 0 aliphatic rings. The number of hydrogen-bond acceptors (Lipinski definition) is 3. The minimum absolute atomic E-state index is 0.0772. The Balaban J connectivity index is 1.70. The second-order valence-corrected chi connectivity index (χ2v) is 7.58. The van der Waals surface area contributed by atoms with Crippen molar-refractivity contribution >= 4 is 39.9 Å². The van der Waals surface area contributed by atoms with E-state index in [4.69, 9.17) is 11.6 Å². The number of hydrogen-bond donors (Lipinski definition) is 2. The molecular weight excluding hydrogens is 386 g/mol. The first-order chi connectivity index (χ1) is 13.9. The lowest BCUT2D eigenvalue weighted by Gasteiger charge is -2.26. The fourth-order valence-corrected chi connectivity index (χ4v) is 3.42. The average Bonchev–Trinajstić information content (AvgIpc) is 2.70. The third kappa shape index (κ3) is 4.94. The number of rotatable bonds is 5. The number of aryl methyl sites for hydroxylation is 1. The fourth-order valence-electron chi connectivity index (χ4n) is 3.24. The van der Waals surface area contributed by atoms with Gasteiger partial charge in [0.25, 0.3) is 0 Å². The quantitative estimate of drug-likeness (QED) is 0.622. The monoisotopic (exact) mass is 409 g/mol.